The minimum atomic E-state index is -6.17. The molecular formula is C15H17F7O. The van der Waals surface area contributed by atoms with Gasteiger partial charge in [0, 0.05) is 6.42 Å². The molecule has 0 heterocycles. The van der Waals surface area contributed by atoms with Gasteiger partial charge in [0.25, 0.3) is 0 Å². The van der Waals surface area contributed by atoms with Gasteiger partial charge in [-0.3, -0.25) is 0 Å². The molecule has 0 spiro atoms. The van der Waals surface area contributed by atoms with Gasteiger partial charge >= 0.3 is 18.0 Å². The lowest BCUT2D eigenvalue weighted by molar-refractivity contribution is -0.347. The van der Waals surface area contributed by atoms with Gasteiger partial charge in [0.2, 0.25) is 0 Å². The summed E-state index contributed by atoms with van der Waals surface area (Å²) in [5.74, 6) is 0.0590. The number of aliphatic hydroxyl groups excluding tert-OH is 1. The van der Waals surface area contributed by atoms with Crippen molar-refractivity contribution < 1.29 is 35.8 Å². The first-order valence-corrected chi connectivity index (χ1v) is 6.88. The molecule has 0 bridgehead atoms. The monoisotopic (exact) mass is 346 g/mol. The van der Waals surface area contributed by atoms with Crippen LogP contribution in [0.3, 0.4) is 0 Å². The van der Waals surface area contributed by atoms with Crippen LogP contribution in [0.25, 0.3) is 0 Å². The summed E-state index contributed by atoms with van der Waals surface area (Å²) in [6.45, 7) is 3.60. The van der Waals surface area contributed by atoms with Gasteiger partial charge in [0.05, 0.1) is 6.10 Å². The quantitative estimate of drug-likeness (QED) is 0.732. The van der Waals surface area contributed by atoms with E-state index in [9.17, 15) is 35.8 Å². The van der Waals surface area contributed by atoms with Crippen molar-refractivity contribution >= 4 is 0 Å². The number of halogens is 7. The largest absolute Gasteiger partial charge is 0.431 e. The zero-order chi connectivity index (χ0) is 18.1. The number of alkyl halides is 7. The Balaban J connectivity index is 3.18. The van der Waals surface area contributed by atoms with Crippen molar-refractivity contribution in [2.24, 2.45) is 5.92 Å². The summed E-state index contributed by atoms with van der Waals surface area (Å²) in [5, 5.41) is 9.84. The van der Waals surface area contributed by atoms with Gasteiger partial charge in [0.15, 0.2) is 0 Å². The van der Waals surface area contributed by atoms with Crippen LogP contribution in [0, 0.1) is 5.92 Å². The molecule has 1 aromatic rings. The van der Waals surface area contributed by atoms with Crippen molar-refractivity contribution in [1.82, 2.24) is 0 Å². The third kappa shape index (κ3) is 4.37. The SMILES string of the molecule is CC(C)Cc1ccccc1C(O)CC(F)(C(F)(F)F)C(F)(F)F. The first-order chi connectivity index (χ1) is 10.3. The number of benzene rings is 1. The second-order valence-electron chi connectivity index (χ2n) is 5.81. The maximum Gasteiger partial charge on any atom is 0.431 e. The molecule has 1 atom stereocenters. The molecule has 1 rings (SSSR count). The van der Waals surface area contributed by atoms with E-state index < -0.39 is 30.5 Å². The number of rotatable bonds is 5. The van der Waals surface area contributed by atoms with E-state index in [0.717, 1.165) is 0 Å². The molecule has 0 radical (unpaired) electrons. The van der Waals surface area contributed by atoms with Crippen LogP contribution >= 0.6 is 0 Å². The average Bonchev–Trinajstić information content (AvgIpc) is 2.35. The molecule has 0 saturated carbocycles. The summed E-state index contributed by atoms with van der Waals surface area (Å²) >= 11 is 0. The Morgan fingerprint density at radius 3 is 1.83 bits per heavy atom. The van der Waals surface area contributed by atoms with Crippen molar-refractivity contribution in [3.05, 3.63) is 35.4 Å². The lowest BCUT2D eigenvalue weighted by atomic mass is 9.88. The first-order valence-electron chi connectivity index (χ1n) is 6.88. The Morgan fingerprint density at radius 1 is 0.913 bits per heavy atom. The summed E-state index contributed by atoms with van der Waals surface area (Å²) in [6, 6.07) is 5.60. The lowest BCUT2D eigenvalue weighted by Gasteiger charge is -2.32. The average molecular weight is 346 g/mol. The molecule has 0 amide bonds. The lowest BCUT2D eigenvalue weighted by Crippen LogP contribution is -2.54. The predicted molar refractivity (Wildman–Crippen MR) is 70.5 cm³/mol. The van der Waals surface area contributed by atoms with E-state index in [1.807, 2.05) is 0 Å². The molecule has 1 nitrogen and oxygen atoms in total. The second-order valence-corrected chi connectivity index (χ2v) is 5.81. The van der Waals surface area contributed by atoms with Gasteiger partial charge in [-0.15, -0.1) is 0 Å². The van der Waals surface area contributed by atoms with Crippen LogP contribution in [0.1, 0.15) is 37.5 Å². The van der Waals surface area contributed by atoms with E-state index >= 15 is 0 Å². The molecule has 0 aliphatic rings. The van der Waals surface area contributed by atoms with Gasteiger partial charge in [-0.2, -0.15) is 26.3 Å². The Bertz CT molecular complexity index is 505. The van der Waals surface area contributed by atoms with Crippen LogP contribution in [0.4, 0.5) is 30.7 Å². The van der Waals surface area contributed by atoms with Crippen LogP contribution in [0.5, 0.6) is 0 Å². The van der Waals surface area contributed by atoms with E-state index in [-0.39, 0.29) is 11.5 Å². The Hall–Kier alpha value is -1.31. The third-order valence-corrected chi connectivity index (χ3v) is 3.42. The van der Waals surface area contributed by atoms with Gasteiger partial charge in [-0.1, -0.05) is 38.1 Å². The molecule has 23 heavy (non-hydrogen) atoms. The van der Waals surface area contributed by atoms with E-state index in [2.05, 4.69) is 0 Å². The molecule has 132 valence electrons. The standard InChI is InChI=1S/C15H17F7O/c1-9(2)7-10-5-3-4-6-11(10)12(23)8-13(16,14(17,18)19)15(20,21)22/h3-6,9,12,23H,7-8H2,1-2H3. The number of aliphatic hydroxyl groups is 1. The highest BCUT2D eigenvalue weighted by Gasteiger charge is 2.72. The van der Waals surface area contributed by atoms with E-state index in [4.69, 9.17) is 0 Å². The zero-order valence-electron chi connectivity index (χ0n) is 12.5. The summed E-state index contributed by atoms with van der Waals surface area (Å²) < 4.78 is 89.2. The molecule has 8 heteroatoms. The van der Waals surface area contributed by atoms with Crippen molar-refractivity contribution in [1.29, 1.82) is 0 Å². The van der Waals surface area contributed by atoms with Gasteiger partial charge < -0.3 is 5.11 Å². The highest BCUT2D eigenvalue weighted by atomic mass is 19.4. The summed E-state index contributed by atoms with van der Waals surface area (Å²) in [4.78, 5) is 0. The van der Waals surface area contributed by atoms with Crippen molar-refractivity contribution in [3.63, 3.8) is 0 Å². The van der Waals surface area contributed by atoms with Crippen LogP contribution in [0.15, 0.2) is 24.3 Å². The zero-order valence-corrected chi connectivity index (χ0v) is 12.5. The molecule has 0 saturated heterocycles. The van der Waals surface area contributed by atoms with Crippen LogP contribution in [-0.4, -0.2) is 23.1 Å². The van der Waals surface area contributed by atoms with Crippen molar-refractivity contribution in [2.45, 2.75) is 50.8 Å². The molecule has 0 aromatic heterocycles. The summed E-state index contributed by atoms with van der Waals surface area (Å²) in [5.41, 5.74) is -5.21. The van der Waals surface area contributed by atoms with Crippen LogP contribution in [-0.2, 0) is 6.42 Å². The third-order valence-electron chi connectivity index (χ3n) is 3.42. The highest BCUT2D eigenvalue weighted by Crippen LogP contribution is 2.50. The maximum atomic E-state index is 13.7. The van der Waals surface area contributed by atoms with E-state index in [1.54, 1.807) is 19.9 Å². The van der Waals surface area contributed by atoms with E-state index in [0.29, 0.717) is 12.0 Å². The fourth-order valence-corrected chi connectivity index (χ4v) is 2.25. The fraction of sp³-hybridized carbons (Fsp3) is 0.600. The molecule has 0 fully saturated rings. The summed E-state index contributed by atoms with van der Waals surface area (Å²) in [7, 11) is 0. The topological polar surface area (TPSA) is 20.2 Å². The van der Waals surface area contributed by atoms with Crippen molar-refractivity contribution in [3.8, 4) is 0 Å². The minimum absolute atomic E-state index is 0.0590. The Kier molecular flexibility index (Phi) is 5.72. The molecule has 1 unspecified atom stereocenters. The Morgan fingerprint density at radius 2 is 1.39 bits per heavy atom. The number of hydrogen-bond acceptors (Lipinski definition) is 1. The van der Waals surface area contributed by atoms with Crippen molar-refractivity contribution in [2.75, 3.05) is 0 Å². The molecule has 0 aliphatic carbocycles. The summed E-state index contributed by atoms with van der Waals surface area (Å²) in [6.07, 6.45) is -16.4. The van der Waals surface area contributed by atoms with Gasteiger partial charge in [0.1, 0.15) is 0 Å². The molecular weight excluding hydrogens is 329 g/mol. The molecule has 1 N–H and O–H groups in total. The number of hydrogen-bond donors (Lipinski definition) is 1. The minimum Gasteiger partial charge on any atom is -0.388 e. The smallest absolute Gasteiger partial charge is 0.388 e. The predicted octanol–water partition coefficient (Wildman–Crippen LogP) is 5.14. The first kappa shape index (κ1) is 19.7. The normalized spacial score (nSPS) is 15.1. The van der Waals surface area contributed by atoms with Gasteiger partial charge in [-0.25, -0.2) is 4.39 Å². The van der Waals surface area contributed by atoms with Crippen LogP contribution in [0.2, 0.25) is 0 Å². The maximum absolute atomic E-state index is 13.7. The molecule has 1 aromatic carbocycles. The van der Waals surface area contributed by atoms with E-state index in [1.165, 1.54) is 18.2 Å². The molecule has 0 aliphatic heterocycles. The van der Waals surface area contributed by atoms with Gasteiger partial charge in [-0.05, 0) is 23.5 Å². The second kappa shape index (κ2) is 6.67. The fourth-order valence-electron chi connectivity index (χ4n) is 2.25. The Labute approximate surface area is 129 Å². The van der Waals surface area contributed by atoms with Crippen LogP contribution < -0.4 is 0 Å². The highest BCUT2D eigenvalue weighted by molar-refractivity contribution is 5.30.